The smallest absolute Gasteiger partial charge is 0.0354 e. The maximum Gasteiger partial charge on any atom is 0.0354 e. The summed E-state index contributed by atoms with van der Waals surface area (Å²) in [6.45, 7) is 0. The van der Waals surface area contributed by atoms with Crippen molar-refractivity contribution in [1.82, 2.24) is 0 Å². The summed E-state index contributed by atoms with van der Waals surface area (Å²) in [4.78, 5) is 0.352. The number of fused-ring (bicyclic) bond motifs is 1. The third kappa shape index (κ3) is 1.29. The van der Waals surface area contributed by atoms with Crippen molar-refractivity contribution in [2.24, 2.45) is 0 Å². The van der Waals surface area contributed by atoms with Gasteiger partial charge in [-0.15, -0.1) is 11.3 Å². The van der Waals surface area contributed by atoms with E-state index in [2.05, 4.69) is 0 Å². The first kappa shape index (κ1) is 7.91. The largest absolute Gasteiger partial charge is 0.768 e. The van der Waals surface area contributed by atoms with E-state index in [1.165, 1.54) is 0 Å². The van der Waals surface area contributed by atoms with Gasteiger partial charge in [-0.3, -0.25) is 4.21 Å². The third-order valence-electron chi connectivity index (χ3n) is 1.62. The van der Waals surface area contributed by atoms with Gasteiger partial charge in [0.1, 0.15) is 0 Å². The SMILES string of the molecule is O=S([O-])c1ccc2ccsc2c1. The summed E-state index contributed by atoms with van der Waals surface area (Å²) >= 11 is -0.567. The van der Waals surface area contributed by atoms with E-state index in [1.807, 2.05) is 17.5 Å². The molecule has 2 rings (SSSR count). The molecule has 0 bridgehead atoms. The molecule has 0 radical (unpaired) electrons. The van der Waals surface area contributed by atoms with Gasteiger partial charge in [-0.05, 0) is 40.0 Å². The normalized spacial score (nSPS) is 13.4. The van der Waals surface area contributed by atoms with E-state index in [0.717, 1.165) is 10.1 Å². The van der Waals surface area contributed by atoms with Gasteiger partial charge in [-0.1, -0.05) is 6.07 Å². The summed E-state index contributed by atoms with van der Waals surface area (Å²) in [6, 6.07) is 7.08. The molecule has 12 heavy (non-hydrogen) atoms. The minimum Gasteiger partial charge on any atom is -0.768 e. The molecular formula is C8H5O2S2-. The van der Waals surface area contributed by atoms with Gasteiger partial charge in [0.05, 0.1) is 0 Å². The topological polar surface area (TPSA) is 40.1 Å². The monoisotopic (exact) mass is 197 g/mol. The Kier molecular flexibility index (Phi) is 1.96. The van der Waals surface area contributed by atoms with Crippen molar-refractivity contribution in [3.63, 3.8) is 0 Å². The maximum atomic E-state index is 10.6. The first-order chi connectivity index (χ1) is 5.77. The number of benzene rings is 1. The highest BCUT2D eigenvalue weighted by Crippen LogP contribution is 2.22. The molecule has 1 aromatic heterocycles. The Balaban J connectivity index is 2.68. The van der Waals surface area contributed by atoms with Crippen molar-refractivity contribution in [2.75, 3.05) is 0 Å². The highest BCUT2D eigenvalue weighted by Gasteiger charge is 1.96. The Hall–Kier alpha value is -0.710. The van der Waals surface area contributed by atoms with E-state index in [0.29, 0.717) is 4.90 Å². The van der Waals surface area contributed by atoms with Gasteiger partial charge in [0.25, 0.3) is 0 Å². The van der Waals surface area contributed by atoms with Crippen molar-refractivity contribution in [3.05, 3.63) is 29.6 Å². The number of hydrogen-bond donors (Lipinski definition) is 0. The van der Waals surface area contributed by atoms with Gasteiger partial charge >= 0.3 is 0 Å². The Morgan fingerprint density at radius 2 is 2.17 bits per heavy atom. The molecule has 0 amide bonds. The van der Waals surface area contributed by atoms with Gasteiger partial charge < -0.3 is 4.55 Å². The molecule has 1 heterocycles. The molecule has 0 fully saturated rings. The Morgan fingerprint density at radius 1 is 1.33 bits per heavy atom. The van der Waals surface area contributed by atoms with Gasteiger partial charge in [0.15, 0.2) is 0 Å². The van der Waals surface area contributed by atoms with Crippen LogP contribution in [0.15, 0.2) is 34.5 Å². The lowest BCUT2D eigenvalue weighted by Crippen LogP contribution is -1.86. The molecule has 0 aliphatic carbocycles. The second-order valence-electron chi connectivity index (χ2n) is 2.35. The van der Waals surface area contributed by atoms with Crippen LogP contribution in [-0.2, 0) is 11.1 Å². The van der Waals surface area contributed by atoms with Crippen LogP contribution >= 0.6 is 11.3 Å². The molecule has 0 saturated heterocycles. The predicted octanol–water partition coefficient (Wildman–Crippen LogP) is 2.14. The van der Waals surface area contributed by atoms with Crippen molar-refractivity contribution in [2.45, 2.75) is 4.90 Å². The lowest BCUT2D eigenvalue weighted by molar-refractivity contribution is 0.537. The molecular weight excluding hydrogens is 192 g/mol. The van der Waals surface area contributed by atoms with E-state index in [9.17, 15) is 8.76 Å². The van der Waals surface area contributed by atoms with Crippen molar-refractivity contribution in [1.29, 1.82) is 0 Å². The Bertz CT molecular complexity index is 433. The zero-order chi connectivity index (χ0) is 8.55. The molecule has 1 unspecified atom stereocenters. The van der Waals surface area contributed by atoms with Crippen LogP contribution in [0.5, 0.6) is 0 Å². The van der Waals surface area contributed by atoms with Gasteiger partial charge in [0.2, 0.25) is 0 Å². The zero-order valence-electron chi connectivity index (χ0n) is 6.02. The van der Waals surface area contributed by atoms with E-state index >= 15 is 0 Å². The predicted molar refractivity (Wildman–Crippen MR) is 49.0 cm³/mol. The highest BCUT2D eigenvalue weighted by molar-refractivity contribution is 7.79. The molecule has 0 aliphatic heterocycles. The molecule has 2 aromatic rings. The van der Waals surface area contributed by atoms with Crippen molar-refractivity contribution in [3.8, 4) is 0 Å². The Labute approximate surface area is 76.1 Å². The van der Waals surface area contributed by atoms with E-state index in [4.69, 9.17) is 0 Å². The van der Waals surface area contributed by atoms with Crippen LogP contribution in [-0.4, -0.2) is 8.76 Å². The third-order valence-corrected chi connectivity index (χ3v) is 3.14. The second kappa shape index (κ2) is 2.97. The standard InChI is InChI=1S/C8H6O2S2/c9-12(10)7-2-1-6-3-4-11-8(6)5-7/h1-5H,(H,9,10)/p-1. The lowest BCUT2D eigenvalue weighted by Gasteiger charge is -2.03. The van der Waals surface area contributed by atoms with Crippen LogP contribution in [0, 0.1) is 0 Å². The first-order valence-electron chi connectivity index (χ1n) is 3.34. The summed E-state index contributed by atoms with van der Waals surface area (Å²) in [5, 5.41) is 3.04. The summed E-state index contributed by atoms with van der Waals surface area (Å²) in [7, 11) is 0. The summed E-state index contributed by atoms with van der Waals surface area (Å²) in [5.41, 5.74) is 0. The average Bonchev–Trinajstić information content (AvgIpc) is 2.49. The molecule has 0 saturated carbocycles. The maximum absolute atomic E-state index is 10.6. The van der Waals surface area contributed by atoms with E-state index in [1.54, 1.807) is 23.5 Å². The molecule has 0 aliphatic rings. The van der Waals surface area contributed by atoms with Crippen LogP contribution in [0.3, 0.4) is 0 Å². The first-order valence-corrected chi connectivity index (χ1v) is 5.29. The van der Waals surface area contributed by atoms with E-state index < -0.39 is 11.1 Å². The number of thiophene rings is 1. The quantitative estimate of drug-likeness (QED) is 0.657. The van der Waals surface area contributed by atoms with Gasteiger partial charge in [-0.25, -0.2) is 0 Å². The van der Waals surface area contributed by atoms with Crippen LogP contribution < -0.4 is 0 Å². The van der Waals surface area contributed by atoms with Gasteiger partial charge in [-0.2, -0.15) is 0 Å². The van der Waals surface area contributed by atoms with Crippen LogP contribution in [0.4, 0.5) is 0 Å². The zero-order valence-corrected chi connectivity index (χ0v) is 7.65. The number of hydrogen-bond acceptors (Lipinski definition) is 3. The fourth-order valence-electron chi connectivity index (χ4n) is 1.04. The minimum atomic E-state index is -2.11. The average molecular weight is 197 g/mol. The fraction of sp³-hybridized carbons (Fsp3) is 0. The van der Waals surface area contributed by atoms with Crippen molar-refractivity contribution >= 4 is 32.5 Å². The summed E-state index contributed by atoms with van der Waals surface area (Å²) in [5.74, 6) is 0. The Morgan fingerprint density at radius 3 is 2.92 bits per heavy atom. The lowest BCUT2D eigenvalue weighted by atomic mass is 10.3. The van der Waals surface area contributed by atoms with Crippen molar-refractivity contribution < 1.29 is 8.76 Å². The second-order valence-corrected chi connectivity index (χ2v) is 4.24. The molecule has 1 aromatic carbocycles. The van der Waals surface area contributed by atoms with E-state index in [-0.39, 0.29) is 0 Å². The molecule has 4 heteroatoms. The highest BCUT2D eigenvalue weighted by atomic mass is 32.2. The van der Waals surface area contributed by atoms with Crippen LogP contribution in [0.1, 0.15) is 0 Å². The van der Waals surface area contributed by atoms with Gasteiger partial charge in [0, 0.05) is 9.60 Å². The molecule has 62 valence electrons. The summed E-state index contributed by atoms with van der Waals surface area (Å²) < 4.78 is 22.2. The summed E-state index contributed by atoms with van der Waals surface area (Å²) in [6.07, 6.45) is 0. The van der Waals surface area contributed by atoms with Crippen LogP contribution in [0.2, 0.25) is 0 Å². The molecule has 2 nitrogen and oxygen atoms in total. The molecule has 0 N–H and O–H groups in total. The van der Waals surface area contributed by atoms with Crippen LogP contribution in [0.25, 0.3) is 10.1 Å². The minimum absolute atomic E-state index is 0.352. The number of rotatable bonds is 1. The molecule has 1 atom stereocenters. The molecule has 0 spiro atoms. The fourth-order valence-corrected chi connectivity index (χ4v) is 2.34.